The van der Waals surface area contributed by atoms with Crippen LogP contribution in [0.1, 0.15) is 79.1 Å². The van der Waals surface area contributed by atoms with Crippen molar-refractivity contribution in [2.75, 3.05) is 6.61 Å². The van der Waals surface area contributed by atoms with Gasteiger partial charge in [-0.25, -0.2) is 0 Å². The molecule has 0 unspecified atom stereocenters. The SMILES string of the molecule is CC(=O)OCC=C1CC[C@H]2[C@@H]3CCC4=C(C)C(=O)CC[C@]4(C)[C@H]3CC[C@]12C. The number of ketones is 1. The second-order valence-corrected chi connectivity index (χ2v) is 9.89. The summed E-state index contributed by atoms with van der Waals surface area (Å²) in [5.41, 5.74) is 4.62. The van der Waals surface area contributed by atoms with E-state index in [1.165, 1.54) is 43.8 Å². The first-order chi connectivity index (χ1) is 12.8. The van der Waals surface area contributed by atoms with E-state index in [9.17, 15) is 9.59 Å². The van der Waals surface area contributed by atoms with Crippen molar-refractivity contribution in [1.82, 2.24) is 0 Å². The summed E-state index contributed by atoms with van der Waals surface area (Å²) in [5.74, 6) is 2.44. The second kappa shape index (κ2) is 6.60. The zero-order valence-corrected chi connectivity index (χ0v) is 17.4. The van der Waals surface area contributed by atoms with Crippen LogP contribution >= 0.6 is 0 Å². The molecule has 0 aliphatic heterocycles. The largest absolute Gasteiger partial charge is 0.462 e. The normalized spacial score (nSPS) is 42.6. The lowest BCUT2D eigenvalue weighted by atomic mass is 9.46. The van der Waals surface area contributed by atoms with Crippen LogP contribution in [-0.4, -0.2) is 18.4 Å². The van der Waals surface area contributed by atoms with Crippen molar-refractivity contribution in [3.63, 3.8) is 0 Å². The summed E-state index contributed by atoms with van der Waals surface area (Å²) in [7, 11) is 0. The molecule has 0 bridgehead atoms. The number of hydrogen-bond acceptors (Lipinski definition) is 3. The molecule has 4 aliphatic rings. The van der Waals surface area contributed by atoms with Crippen molar-refractivity contribution in [1.29, 1.82) is 0 Å². The van der Waals surface area contributed by atoms with Crippen LogP contribution in [0.25, 0.3) is 0 Å². The molecule has 3 heteroatoms. The van der Waals surface area contributed by atoms with Gasteiger partial charge in [-0.05, 0) is 92.1 Å². The Bertz CT molecular complexity index is 730. The molecule has 5 atom stereocenters. The maximum absolute atomic E-state index is 12.3. The molecule has 0 saturated heterocycles. The number of rotatable bonds is 2. The van der Waals surface area contributed by atoms with Gasteiger partial charge < -0.3 is 4.74 Å². The highest BCUT2D eigenvalue weighted by atomic mass is 16.5. The van der Waals surface area contributed by atoms with Crippen LogP contribution in [0.2, 0.25) is 0 Å². The summed E-state index contributed by atoms with van der Waals surface area (Å²) in [4.78, 5) is 23.4. The van der Waals surface area contributed by atoms with E-state index in [4.69, 9.17) is 4.74 Å². The zero-order chi connectivity index (χ0) is 19.4. The molecule has 0 heterocycles. The lowest BCUT2D eigenvalue weighted by molar-refractivity contribution is -0.139. The Morgan fingerprint density at radius 2 is 1.81 bits per heavy atom. The van der Waals surface area contributed by atoms with Gasteiger partial charge >= 0.3 is 5.97 Å². The summed E-state index contributed by atoms with van der Waals surface area (Å²) in [5, 5.41) is 0. The van der Waals surface area contributed by atoms with Gasteiger partial charge in [0.2, 0.25) is 0 Å². The van der Waals surface area contributed by atoms with Gasteiger partial charge in [-0.2, -0.15) is 0 Å². The highest BCUT2D eigenvalue weighted by Gasteiger charge is 2.57. The lowest BCUT2D eigenvalue weighted by Crippen LogP contribution is -2.50. The highest BCUT2D eigenvalue weighted by Crippen LogP contribution is 2.66. The fourth-order valence-electron chi connectivity index (χ4n) is 7.43. The van der Waals surface area contributed by atoms with Gasteiger partial charge in [-0.1, -0.05) is 25.0 Å². The van der Waals surface area contributed by atoms with E-state index in [-0.39, 0.29) is 16.8 Å². The Morgan fingerprint density at radius 1 is 1.07 bits per heavy atom. The average Bonchev–Trinajstić information content (AvgIpc) is 2.95. The van der Waals surface area contributed by atoms with E-state index in [1.807, 2.05) is 0 Å². The van der Waals surface area contributed by atoms with Gasteiger partial charge in [0, 0.05) is 13.3 Å². The Kier molecular flexibility index (Phi) is 4.63. The van der Waals surface area contributed by atoms with Crippen molar-refractivity contribution in [3.05, 3.63) is 22.8 Å². The highest BCUT2D eigenvalue weighted by molar-refractivity contribution is 5.96. The first-order valence-electron chi connectivity index (χ1n) is 10.8. The van der Waals surface area contributed by atoms with E-state index in [0.29, 0.717) is 12.4 Å². The molecule has 4 rings (SSSR count). The van der Waals surface area contributed by atoms with Crippen LogP contribution in [0.5, 0.6) is 0 Å². The van der Waals surface area contributed by atoms with E-state index >= 15 is 0 Å². The van der Waals surface area contributed by atoms with E-state index in [0.717, 1.165) is 49.0 Å². The van der Waals surface area contributed by atoms with Crippen LogP contribution in [0, 0.1) is 28.6 Å². The summed E-state index contributed by atoms with van der Waals surface area (Å²) in [6.07, 6.45) is 11.3. The summed E-state index contributed by atoms with van der Waals surface area (Å²) < 4.78 is 5.19. The van der Waals surface area contributed by atoms with Crippen LogP contribution in [0.4, 0.5) is 0 Å². The minimum absolute atomic E-state index is 0.197. The number of allylic oxidation sites excluding steroid dienone is 2. The fraction of sp³-hybridized carbons (Fsp3) is 0.750. The van der Waals surface area contributed by atoms with Crippen molar-refractivity contribution >= 4 is 11.8 Å². The molecule has 0 aromatic heterocycles. The summed E-state index contributed by atoms with van der Waals surface area (Å²) in [6, 6.07) is 0. The number of carbonyl (C=O) groups is 2. The predicted molar refractivity (Wildman–Crippen MR) is 106 cm³/mol. The minimum Gasteiger partial charge on any atom is -0.462 e. The van der Waals surface area contributed by atoms with Crippen molar-refractivity contribution in [2.24, 2.45) is 28.6 Å². The van der Waals surface area contributed by atoms with Crippen molar-refractivity contribution in [2.45, 2.75) is 79.1 Å². The van der Waals surface area contributed by atoms with Crippen molar-refractivity contribution in [3.8, 4) is 0 Å². The van der Waals surface area contributed by atoms with Gasteiger partial charge in [-0.3, -0.25) is 9.59 Å². The van der Waals surface area contributed by atoms with Gasteiger partial charge in [0.05, 0.1) is 0 Å². The van der Waals surface area contributed by atoms with Gasteiger partial charge in [-0.15, -0.1) is 0 Å². The molecule has 148 valence electrons. The van der Waals surface area contributed by atoms with Crippen LogP contribution in [0.15, 0.2) is 22.8 Å². The second-order valence-electron chi connectivity index (χ2n) is 9.89. The Labute approximate surface area is 163 Å². The summed E-state index contributed by atoms with van der Waals surface area (Å²) >= 11 is 0. The van der Waals surface area contributed by atoms with E-state index < -0.39 is 0 Å². The smallest absolute Gasteiger partial charge is 0.302 e. The monoisotopic (exact) mass is 370 g/mol. The predicted octanol–water partition coefficient (Wildman–Crippen LogP) is 5.40. The third-order valence-electron chi connectivity index (χ3n) is 8.88. The molecule has 3 fully saturated rings. The molecule has 3 nitrogen and oxygen atoms in total. The van der Waals surface area contributed by atoms with Gasteiger partial charge in [0.1, 0.15) is 6.61 Å². The minimum atomic E-state index is -0.197. The lowest BCUT2D eigenvalue weighted by Gasteiger charge is -2.58. The maximum atomic E-state index is 12.3. The molecule has 27 heavy (non-hydrogen) atoms. The first-order valence-corrected chi connectivity index (χ1v) is 10.8. The molecule has 0 aromatic rings. The zero-order valence-electron chi connectivity index (χ0n) is 17.4. The maximum Gasteiger partial charge on any atom is 0.302 e. The van der Waals surface area contributed by atoms with E-state index in [2.05, 4.69) is 26.8 Å². The average molecular weight is 371 g/mol. The number of hydrogen-bond donors (Lipinski definition) is 0. The molecule has 3 saturated carbocycles. The number of esters is 1. The summed E-state index contributed by atoms with van der Waals surface area (Å²) in [6.45, 7) is 8.91. The Morgan fingerprint density at radius 3 is 2.56 bits per heavy atom. The number of fused-ring (bicyclic) bond motifs is 5. The van der Waals surface area contributed by atoms with Crippen LogP contribution in [0.3, 0.4) is 0 Å². The molecule has 0 N–H and O–H groups in total. The number of ether oxygens (including phenoxy) is 1. The van der Waals surface area contributed by atoms with Crippen molar-refractivity contribution < 1.29 is 14.3 Å². The molecule has 0 aromatic carbocycles. The quantitative estimate of drug-likeness (QED) is 0.483. The third kappa shape index (κ3) is 2.84. The van der Waals surface area contributed by atoms with Crippen LogP contribution < -0.4 is 0 Å². The number of Topliss-reactive ketones (excluding diaryl/α,β-unsaturated/α-hetero) is 1. The number of carbonyl (C=O) groups excluding carboxylic acids is 2. The molecule has 0 spiro atoms. The Hall–Kier alpha value is -1.38. The third-order valence-corrected chi connectivity index (χ3v) is 8.88. The molecular formula is C24H34O3. The fourth-order valence-corrected chi connectivity index (χ4v) is 7.43. The molecule has 0 radical (unpaired) electrons. The van der Waals surface area contributed by atoms with Gasteiger partial charge in [0.25, 0.3) is 0 Å². The molecule has 0 amide bonds. The van der Waals surface area contributed by atoms with Gasteiger partial charge in [0.15, 0.2) is 5.78 Å². The molecule has 4 aliphatic carbocycles. The van der Waals surface area contributed by atoms with E-state index in [1.54, 1.807) is 0 Å². The Balaban J connectivity index is 1.60. The first kappa shape index (κ1) is 19.0. The molecular weight excluding hydrogens is 336 g/mol. The van der Waals surface area contributed by atoms with Crippen LogP contribution in [-0.2, 0) is 14.3 Å². The standard InChI is InChI=1S/C24H34O3/c1-15-19-8-6-18-20-7-5-17(11-14-27-16(2)25)23(20,3)12-9-21(18)24(19,4)13-10-22(15)26/h11,18,20-21H,5-10,12-14H2,1-4H3/t18-,20-,21-,23+,24-/m0/s1. The topological polar surface area (TPSA) is 43.4 Å².